The van der Waals surface area contributed by atoms with Gasteiger partial charge >= 0.3 is 5.97 Å². The summed E-state index contributed by atoms with van der Waals surface area (Å²) in [5.74, 6) is -1.81. The fraction of sp³-hybridized carbons (Fsp3) is 0.259. The third-order valence-electron chi connectivity index (χ3n) is 6.25. The normalized spacial score (nSPS) is 16.3. The molecule has 6 nitrogen and oxygen atoms in total. The Morgan fingerprint density at radius 3 is 2.59 bits per heavy atom. The molecule has 0 bridgehead atoms. The summed E-state index contributed by atoms with van der Waals surface area (Å²) in [6.45, 7) is 2.95. The van der Waals surface area contributed by atoms with E-state index in [0.29, 0.717) is 24.5 Å². The van der Waals surface area contributed by atoms with Crippen molar-refractivity contribution in [2.45, 2.75) is 31.3 Å². The molecular weight excluding hydrogens is 431 g/mol. The van der Waals surface area contributed by atoms with Gasteiger partial charge in [-0.1, -0.05) is 54.6 Å². The van der Waals surface area contributed by atoms with Crippen molar-refractivity contribution in [2.24, 2.45) is 0 Å². The molecular formula is C27H27FN4O2. The number of halogens is 1. The number of nitrogens with zero attached hydrogens (tertiary/aromatic N) is 1. The van der Waals surface area contributed by atoms with Crippen LogP contribution in [-0.2, 0) is 11.2 Å². The van der Waals surface area contributed by atoms with Crippen LogP contribution in [0.15, 0.2) is 66.7 Å². The van der Waals surface area contributed by atoms with Crippen molar-refractivity contribution in [1.29, 1.82) is 5.26 Å². The second kappa shape index (κ2) is 10.4. The molecule has 0 amide bonds. The highest BCUT2D eigenvalue weighted by Gasteiger charge is 2.28. The van der Waals surface area contributed by atoms with Gasteiger partial charge in [-0.25, -0.2) is 4.39 Å². The third-order valence-corrected chi connectivity index (χ3v) is 6.25. The molecule has 3 aromatic carbocycles. The minimum Gasteiger partial charge on any atom is -0.481 e. The van der Waals surface area contributed by atoms with Gasteiger partial charge in [0, 0.05) is 6.54 Å². The summed E-state index contributed by atoms with van der Waals surface area (Å²) in [5.41, 5.74) is 4.49. The van der Waals surface area contributed by atoms with Crippen molar-refractivity contribution in [3.63, 3.8) is 0 Å². The molecule has 1 aliphatic heterocycles. The van der Waals surface area contributed by atoms with Gasteiger partial charge in [0.1, 0.15) is 11.9 Å². The van der Waals surface area contributed by atoms with Crippen LogP contribution in [-0.4, -0.2) is 30.2 Å². The number of carboxylic acids is 1. The molecule has 3 aromatic rings. The Bertz CT molecular complexity index is 1190. The zero-order valence-corrected chi connectivity index (χ0v) is 18.9. The first kappa shape index (κ1) is 23.3. The van der Waals surface area contributed by atoms with Crippen molar-refractivity contribution in [1.82, 2.24) is 5.32 Å². The van der Waals surface area contributed by atoms with Gasteiger partial charge in [-0.2, -0.15) is 5.26 Å². The average Bonchev–Trinajstić information content (AvgIpc) is 2.86. The first-order chi connectivity index (χ1) is 16.5. The van der Waals surface area contributed by atoms with Crippen LogP contribution in [0.1, 0.15) is 41.1 Å². The van der Waals surface area contributed by atoms with Gasteiger partial charge in [-0.05, 0) is 48.7 Å². The lowest BCUT2D eigenvalue weighted by molar-refractivity contribution is -0.138. The Morgan fingerprint density at radius 2 is 1.91 bits per heavy atom. The molecule has 0 saturated carbocycles. The molecule has 0 radical (unpaired) electrons. The molecule has 1 heterocycles. The van der Waals surface area contributed by atoms with Crippen LogP contribution < -0.4 is 16.0 Å². The number of aliphatic carboxylic acids is 1. The summed E-state index contributed by atoms with van der Waals surface area (Å²) < 4.78 is 13.8. The average molecular weight is 459 g/mol. The summed E-state index contributed by atoms with van der Waals surface area (Å²) >= 11 is 0. The molecule has 0 fully saturated rings. The summed E-state index contributed by atoms with van der Waals surface area (Å²) in [6, 6.07) is 22.4. The number of hydrogen-bond acceptors (Lipinski definition) is 5. The van der Waals surface area contributed by atoms with Crippen LogP contribution in [0.5, 0.6) is 0 Å². The van der Waals surface area contributed by atoms with E-state index in [1.54, 1.807) is 6.92 Å². The van der Waals surface area contributed by atoms with E-state index in [9.17, 15) is 19.6 Å². The number of nitrogens with one attached hydrogen (secondary N) is 3. The molecule has 0 spiro atoms. The molecule has 4 rings (SSSR count). The second-order valence-electron chi connectivity index (χ2n) is 8.51. The smallest absolute Gasteiger partial charge is 0.310 e. The Balaban J connectivity index is 1.48. The maximum atomic E-state index is 13.8. The SMILES string of the molecule is CC(C(=O)O)c1ccc(CCN[C@H](c2ccccc2)[C@H]2CNc3cc(F)cc(C#N)c3N2)cc1. The monoisotopic (exact) mass is 458 g/mol. The third kappa shape index (κ3) is 5.19. The Labute approximate surface area is 198 Å². The summed E-state index contributed by atoms with van der Waals surface area (Å²) in [7, 11) is 0. The molecule has 0 saturated heterocycles. The molecule has 0 aromatic heterocycles. The number of hydrogen-bond donors (Lipinski definition) is 4. The van der Waals surface area contributed by atoms with Gasteiger partial charge in [0.15, 0.2) is 0 Å². The molecule has 3 atom stereocenters. The Morgan fingerprint density at radius 1 is 1.18 bits per heavy atom. The van der Waals surface area contributed by atoms with Crippen LogP contribution in [0.3, 0.4) is 0 Å². The van der Waals surface area contributed by atoms with E-state index in [2.05, 4.69) is 34.2 Å². The number of carboxylic acid groups (broad SMARTS) is 1. The maximum Gasteiger partial charge on any atom is 0.310 e. The number of nitriles is 1. The second-order valence-corrected chi connectivity index (χ2v) is 8.51. The number of carbonyl (C=O) groups is 1. The first-order valence-corrected chi connectivity index (χ1v) is 11.3. The minimum absolute atomic E-state index is 0.0512. The van der Waals surface area contributed by atoms with Crippen LogP contribution in [0, 0.1) is 17.1 Å². The molecule has 0 aliphatic carbocycles. The predicted molar refractivity (Wildman–Crippen MR) is 130 cm³/mol. The van der Waals surface area contributed by atoms with Crippen molar-refractivity contribution in [2.75, 3.05) is 23.7 Å². The Hall–Kier alpha value is -3.89. The van der Waals surface area contributed by atoms with Crippen molar-refractivity contribution in [3.8, 4) is 6.07 Å². The molecule has 174 valence electrons. The highest BCUT2D eigenvalue weighted by Crippen LogP contribution is 2.34. The van der Waals surface area contributed by atoms with E-state index >= 15 is 0 Å². The zero-order valence-electron chi connectivity index (χ0n) is 18.9. The number of benzene rings is 3. The number of rotatable bonds is 8. The van der Waals surface area contributed by atoms with Crippen LogP contribution in [0.2, 0.25) is 0 Å². The molecule has 34 heavy (non-hydrogen) atoms. The number of fused-ring (bicyclic) bond motifs is 1. The molecule has 7 heteroatoms. The summed E-state index contributed by atoms with van der Waals surface area (Å²) in [5, 5.41) is 29.0. The zero-order chi connectivity index (χ0) is 24.1. The number of anilines is 2. The summed E-state index contributed by atoms with van der Waals surface area (Å²) in [6.07, 6.45) is 0.774. The van der Waals surface area contributed by atoms with E-state index in [0.717, 1.165) is 23.1 Å². The van der Waals surface area contributed by atoms with Crippen molar-refractivity contribution < 1.29 is 14.3 Å². The minimum atomic E-state index is -0.836. The highest BCUT2D eigenvalue weighted by atomic mass is 19.1. The van der Waals surface area contributed by atoms with E-state index < -0.39 is 17.7 Å². The van der Waals surface area contributed by atoms with E-state index in [-0.39, 0.29) is 17.6 Å². The summed E-state index contributed by atoms with van der Waals surface area (Å²) in [4.78, 5) is 11.2. The fourth-order valence-electron chi connectivity index (χ4n) is 4.29. The van der Waals surface area contributed by atoms with Gasteiger partial charge in [-0.3, -0.25) is 4.79 Å². The van der Waals surface area contributed by atoms with Gasteiger partial charge in [0.05, 0.1) is 34.9 Å². The van der Waals surface area contributed by atoms with Gasteiger partial charge in [0.2, 0.25) is 0 Å². The van der Waals surface area contributed by atoms with Crippen molar-refractivity contribution in [3.05, 3.63) is 94.8 Å². The Kier molecular flexibility index (Phi) is 7.09. The van der Waals surface area contributed by atoms with E-state index in [4.69, 9.17) is 0 Å². The lowest BCUT2D eigenvalue weighted by Crippen LogP contribution is -2.44. The van der Waals surface area contributed by atoms with Gasteiger partial charge in [0.25, 0.3) is 0 Å². The topological polar surface area (TPSA) is 97.2 Å². The van der Waals surface area contributed by atoms with Crippen molar-refractivity contribution >= 4 is 17.3 Å². The molecule has 1 aliphatic rings. The largest absolute Gasteiger partial charge is 0.481 e. The fourth-order valence-corrected chi connectivity index (χ4v) is 4.29. The maximum absolute atomic E-state index is 13.8. The van der Waals surface area contributed by atoms with Gasteiger partial charge in [-0.15, -0.1) is 0 Å². The predicted octanol–water partition coefficient (Wildman–Crippen LogP) is 4.67. The van der Waals surface area contributed by atoms with E-state index in [1.165, 1.54) is 12.1 Å². The first-order valence-electron chi connectivity index (χ1n) is 11.3. The molecule has 4 N–H and O–H groups in total. The van der Waals surface area contributed by atoms with E-state index in [1.807, 2.05) is 42.5 Å². The van der Waals surface area contributed by atoms with Crippen LogP contribution >= 0.6 is 0 Å². The lowest BCUT2D eigenvalue weighted by atomic mass is 9.95. The highest BCUT2D eigenvalue weighted by molar-refractivity contribution is 5.78. The molecule has 1 unspecified atom stereocenters. The quantitative estimate of drug-likeness (QED) is 0.392. The lowest BCUT2D eigenvalue weighted by Gasteiger charge is -2.35. The van der Waals surface area contributed by atoms with Crippen LogP contribution in [0.25, 0.3) is 0 Å². The van der Waals surface area contributed by atoms with Crippen LogP contribution in [0.4, 0.5) is 15.8 Å². The standard InChI is InChI=1S/C27H27FN4O2/c1-17(27(33)34)19-9-7-18(8-10-19)11-12-30-25(20-5-3-2-4-6-20)24-16-31-23-14-22(28)13-21(15-29)26(23)32-24/h2-10,13-14,17,24-25,30-32H,11-12,16H2,1H3,(H,33,34)/t17?,24-,25-/m1/s1. The van der Waals surface area contributed by atoms with Gasteiger partial charge < -0.3 is 21.1 Å².